The smallest absolute Gasteiger partial charge is 0.226 e. The van der Waals surface area contributed by atoms with E-state index in [2.05, 4.69) is 38.1 Å². The average Bonchev–Trinajstić information content (AvgIpc) is 3.25. The van der Waals surface area contributed by atoms with Crippen LogP contribution < -0.4 is 4.90 Å². The molecular formula is C19H26N6O2. The Bertz CT molecular complexity index is 910. The van der Waals surface area contributed by atoms with Crippen LogP contribution in [0.1, 0.15) is 30.3 Å². The monoisotopic (exact) mass is 370 g/mol. The third-order valence-electron chi connectivity index (χ3n) is 5.34. The average molecular weight is 370 g/mol. The number of piperidine rings is 1. The third kappa shape index (κ3) is 3.66. The van der Waals surface area contributed by atoms with Crippen molar-refractivity contribution in [3.05, 3.63) is 29.7 Å². The molecule has 4 rings (SSSR count). The van der Waals surface area contributed by atoms with Gasteiger partial charge in [-0.15, -0.1) is 0 Å². The first-order valence-electron chi connectivity index (χ1n) is 9.49. The molecule has 0 radical (unpaired) electrons. The van der Waals surface area contributed by atoms with Crippen molar-refractivity contribution in [3.63, 3.8) is 0 Å². The van der Waals surface area contributed by atoms with Crippen LogP contribution in [0.5, 0.6) is 0 Å². The van der Waals surface area contributed by atoms with E-state index >= 15 is 0 Å². The van der Waals surface area contributed by atoms with Gasteiger partial charge in [0.1, 0.15) is 0 Å². The zero-order chi connectivity index (χ0) is 18.8. The molecular weight excluding hydrogens is 344 g/mol. The topological polar surface area (TPSA) is 82.1 Å². The first-order valence-corrected chi connectivity index (χ1v) is 9.49. The minimum Gasteiger partial charge on any atom is -0.384 e. The van der Waals surface area contributed by atoms with Gasteiger partial charge in [-0.2, -0.15) is 10.1 Å². The van der Waals surface area contributed by atoms with Crippen LogP contribution in [0.4, 0.5) is 5.69 Å². The molecule has 1 aliphatic rings. The van der Waals surface area contributed by atoms with Crippen LogP contribution in [-0.4, -0.2) is 51.7 Å². The van der Waals surface area contributed by atoms with Crippen molar-refractivity contribution < 1.29 is 9.26 Å². The Hall–Kier alpha value is -2.48. The van der Waals surface area contributed by atoms with Crippen molar-refractivity contribution in [2.45, 2.75) is 32.6 Å². The van der Waals surface area contributed by atoms with Gasteiger partial charge in [-0.3, -0.25) is 4.68 Å². The van der Waals surface area contributed by atoms with E-state index in [9.17, 15) is 0 Å². The number of nitrogens with zero attached hydrogens (tertiary/aromatic N) is 6. The Morgan fingerprint density at radius 2 is 2.11 bits per heavy atom. The van der Waals surface area contributed by atoms with Gasteiger partial charge in [0.25, 0.3) is 0 Å². The predicted molar refractivity (Wildman–Crippen MR) is 102 cm³/mol. The lowest BCUT2D eigenvalue weighted by atomic mass is 9.93. The van der Waals surface area contributed by atoms with Crippen LogP contribution >= 0.6 is 0 Å². The van der Waals surface area contributed by atoms with Crippen molar-refractivity contribution in [1.29, 1.82) is 0 Å². The van der Waals surface area contributed by atoms with Gasteiger partial charge in [0.15, 0.2) is 11.5 Å². The molecule has 0 spiro atoms. The summed E-state index contributed by atoms with van der Waals surface area (Å²) in [4.78, 5) is 11.4. The van der Waals surface area contributed by atoms with E-state index in [4.69, 9.17) is 9.26 Å². The van der Waals surface area contributed by atoms with Gasteiger partial charge >= 0.3 is 0 Å². The lowest BCUT2D eigenvalue weighted by Gasteiger charge is -2.33. The van der Waals surface area contributed by atoms with E-state index in [0.717, 1.165) is 60.8 Å². The highest BCUT2D eigenvalue weighted by atomic mass is 16.5. The first-order chi connectivity index (χ1) is 13.2. The number of methoxy groups -OCH3 is 1. The van der Waals surface area contributed by atoms with E-state index < -0.39 is 0 Å². The van der Waals surface area contributed by atoms with E-state index in [1.54, 1.807) is 7.11 Å². The van der Waals surface area contributed by atoms with Crippen molar-refractivity contribution in [2.75, 3.05) is 31.7 Å². The molecule has 0 bridgehead atoms. The number of aromatic nitrogens is 5. The van der Waals surface area contributed by atoms with Crippen molar-refractivity contribution in [3.8, 4) is 0 Å². The zero-order valence-electron chi connectivity index (χ0n) is 16.2. The minimum atomic E-state index is 0.573. The number of rotatable bonds is 6. The number of hydrogen-bond donors (Lipinski definition) is 0. The number of ether oxygens (including phenoxy) is 1. The lowest BCUT2D eigenvalue weighted by molar-refractivity contribution is 0.199. The molecule has 1 fully saturated rings. The summed E-state index contributed by atoms with van der Waals surface area (Å²) in [7, 11) is 3.63. The predicted octanol–water partition coefficient (Wildman–Crippen LogP) is 2.31. The van der Waals surface area contributed by atoms with E-state index in [1.165, 1.54) is 5.69 Å². The molecule has 144 valence electrons. The number of fused-ring (bicyclic) bond motifs is 1. The Morgan fingerprint density at radius 3 is 2.89 bits per heavy atom. The molecule has 0 N–H and O–H groups in total. The molecule has 0 aromatic carbocycles. The molecule has 8 nitrogen and oxygen atoms in total. The van der Waals surface area contributed by atoms with Crippen LogP contribution in [0.25, 0.3) is 11.0 Å². The summed E-state index contributed by atoms with van der Waals surface area (Å²) >= 11 is 0. The fourth-order valence-corrected chi connectivity index (χ4v) is 3.91. The van der Waals surface area contributed by atoms with Gasteiger partial charge in [-0.25, -0.2) is 4.98 Å². The molecule has 8 heteroatoms. The highest BCUT2D eigenvalue weighted by Crippen LogP contribution is 2.31. The quantitative estimate of drug-likeness (QED) is 0.658. The maximum atomic E-state index is 5.40. The van der Waals surface area contributed by atoms with Crippen molar-refractivity contribution in [2.24, 2.45) is 13.0 Å². The maximum Gasteiger partial charge on any atom is 0.226 e. The summed E-state index contributed by atoms with van der Waals surface area (Å²) in [6.07, 6.45) is 5.65. The largest absolute Gasteiger partial charge is 0.384 e. The SMILES string of the molecule is COCCc1noc(CC2CCN(c3ccnc4c3c(C)nn4C)CC2)n1. The van der Waals surface area contributed by atoms with Crippen LogP contribution in [0.2, 0.25) is 0 Å². The minimum absolute atomic E-state index is 0.573. The molecule has 0 amide bonds. The van der Waals surface area contributed by atoms with E-state index in [0.29, 0.717) is 18.9 Å². The molecule has 0 atom stereocenters. The van der Waals surface area contributed by atoms with Gasteiger partial charge in [0.2, 0.25) is 5.89 Å². The summed E-state index contributed by atoms with van der Waals surface area (Å²) in [6, 6.07) is 2.11. The van der Waals surface area contributed by atoms with Crippen LogP contribution in [0.3, 0.4) is 0 Å². The number of pyridine rings is 1. The fraction of sp³-hybridized carbons (Fsp3) is 0.579. The zero-order valence-corrected chi connectivity index (χ0v) is 16.2. The molecule has 1 saturated heterocycles. The van der Waals surface area contributed by atoms with Crippen molar-refractivity contribution in [1.82, 2.24) is 24.9 Å². The van der Waals surface area contributed by atoms with Crippen LogP contribution in [0, 0.1) is 12.8 Å². The highest BCUT2D eigenvalue weighted by Gasteiger charge is 2.24. The second-order valence-electron chi connectivity index (χ2n) is 7.22. The summed E-state index contributed by atoms with van der Waals surface area (Å²) in [5, 5.41) is 9.73. The molecule has 0 aliphatic carbocycles. The van der Waals surface area contributed by atoms with E-state index in [-0.39, 0.29) is 0 Å². The van der Waals surface area contributed by atoms with Crippen molar-refractivity contribution >= 4 is 16.7 Å². The van der Waals surface area contributed by atoms with Gasteiger partial charge < -0.3 is 14.2 Å². The lowest BCUT2D eigenvalue weighted by Crippen LogP contribution is -2.34. The Morgan fingerprint density at radius 1 is 1.30 bits per heavy atom. The Labute approximate surface area is 158 Å². The number of aryl methyl sites for hydroxylation is 2. The Kier molecular flexibility index (Phi) is 5.07. The van der Waals surface area contributed by atoms with Gasteiger partial charge in [0.05, 0.1) is 23.4 Å². The van der Waals surface area contributed by atoms with E-state index in [1.807, 2.05) is 17.9 Å². The van der Waals surface area contributed by atoms with Crippen LogP contribution in [-0.2, 0) is 24.6 Å². The van der Waals surface area contributed by atoms with Gasteiger partial charge in [-0.1, -0.05) is 5.16 Å². The summed E-state index contributed by atoms with van der Waals surface area (Å²) in [5.41, 5.74) is 3.22. The second-order valence-corrected chi connectivity index (χ2v) is 7.22. The standard InChI is InChI=1S/C19H26N6O2/c1-13-18-15(4-8-20-19(18)24(2)22-13)25-9-5-14(6-10-25)12-17-21-16(23-27-17)7-11-26-3/h4,8,14H,5-7,9-12H2,1-3H3. The highest BCUT2D eigenvalue weighted by molar-refractivity contribution is 5.91. The molecule has 27 heavy (non-hydrogen) atoms. The molecule has 3 aromatic rings. The molecule has 4 heterocycles. The number of hydrogen-bond acceptors (Lipinski definition) is 7. The summed E-state index contributed by atoms with van der Waals surface area (Å²) in [6.45, 7) is 4.70. The van der Waals surface area contributed by atoms with Gasteiger partial charge in [-0.05, 0) is 31.7 Å². The molecule has 1 aliphatic heterocycles. The Balaban J connectivity index is 1.40. The fourth-order valence-electron chi connectivity index (χ4n) is 3.91. The third-order valence-corrected chi connectivity index (χ3v) is 5.34. The first kappa shape index (κ1) is 17.9. The van der Waals surface area contributed by atoms with Gasteiger partial charge in [0, 0.05) is 46.3 Å². The molecule has 0 unspecified atom stereocenters. The summed E-state index contributed by atoms with van der Waals surface area (Å²) in [5.74, 6) is 2.05. The molecule has 3 aromatic heterocycles. The molecule has 0 saturated carbocycles. The number of anilines is 1. The normalized spacial score (nSPS) is 15.7. The summed E-state index contributed by atoms with van der Waals surface area (Å²) < 4.78 is 12.3. The maximum absolute atomic E-state index is 5.40. The second kappa shape index (κ2) is 7.64. The van der Waals surface area contributed by atoms with Crippen LogP contribution in [0.15, 0.2) is 16.8 Å².